The highest BCUT2D eigenvalue weighted by molar-refractivity contribution is 5.46. The molecule has 1 amide bonds. The van der Waals surface area contributed by atoms with Gasteiger partial charge in [-0.1, -0.05) is 0 Å². The number of carbonyl (C=O) groups excluding carboxylic acids is 1. The Kier molecular flexibility index (Phi) is 6.70. The lowest BCUT2D eigenvalue weighted by molar-refractivity contribution is -0.118. The zero-order valence-corrected chi connectivity index (χ0v) is 8.12. The summed E-state index contributed by atoms with van der Waals surface area (Å²) in [5.74, 6) is 0. The molecule has 72 valence electrons. The quantitative estimate of drug-likeness (QED) is 0.495. The maximum absolute atomic E-state index is 10.5. The van der Waals surface area contributed by atoms with E-state index >= 15 is 0 Å². The van der Waals surface area contributed by atoms with Gasteiger partial charge in [0.1, 0.15) is 0 Å². The molecular weight excluding hydrogens is 156 g/mol. The number of nitrogens with zero attached hydrogens (tertiary/aromatic N) is 2. The van der Waals surface area contributed by atoms with Crippen molar-refractivity contribution in [3.63, 3.8) is 0 Å². The van der Waals surface area contributed by atoms with Crippen molar-refractivity contribution in [1.82, 2.24) is 9.80 Å². The summed E-state index contributed by atoms with van der Waals surface area (Å²) in [4.78, 5) is 14.2. The minimum absolute atomic E-state index is 0.603. The van der Waals surface area contributed by atoms with Crippen molar-refractivity contribution in [1.29, 1.82) is 0 Å². The fourth-order valence-electron chi connectivity index (χ4n) is 0.754. The average molecular weight is 174 g/mol. The molecule has 0 fully saturated rings. The molecule has 0 heterocycles. The number of ether oxygens (including phenoxy) is 1. The molecule has 0 spiro atoms. The molecule has 0 saturated carbocycles. The summed E-state index contributed by atoms with van der Waals surface area (Å²) < 4.78 is 4.87. The summed E-state index contributed by atoms with van der Waals surface area (Å²) in [5, 5.41) is 0. The monoisotopic (exact) mass is 174 g/mol. The summed E-state index contributed by atoms with van der Waals surface area (Å²) in [6, 6.07) is 0. The third-order valence-corrected chi connectivity index (χ3v) is 1.57. The summed E-state index contributed by atoms with van der Waals surface area (Å²) >= 11 is 0. The molecule has 0 saturated heterocycles. The van der Waals surface area contributed by atoms with Gasteiger partial charge in [-0.05, 0) is 14.1 Å². The second-order valence-corrected chi connectivity index (χ2v) is 2.94. The predicted octanol–water partition coefficient (Wildman–Crippen LogP) is -0.347. The molecule has 0 aromatic carbocycles. The summed E-state index contributed by atoms with van der Waals surface area (Å²) in [5.41, 5.74) is 0. The van der Waals surface area contributed by atoms with Crippen LogP contribution >= 0.6 is 0 Å². The van der Waals surface area contributed by atoms with E-state index < -0.39 is 0 Å². The molecule has 0 rings (SSSR count). The summed E-state index contributed by atoms with van der Waals surface area (Å²) in [7, 11) is 5.60. The van der Waals surface area contributed by atoms with Gasteiger partial charge in [0.2, 0.25) is 6.41 Å². The van der Waals surface area contributed by atoms with Gasteiger partial charge in [0.25, 0.3) is 0 Å². The minimum Gasteiger partial charge on any atom is -0.383 e. The lowest BCUT2D eigenvalue weighted by Gasteiger charge is -2.19. The first-order valence-corrected chi connectivity index (χ1v) is 4.03. The Hall–Kier alpha value is -0.610. The van der Waals surface area contributed by atoms with E-state index in [1.54, 1.807) is 12.0 Å². The molecule has 0 aliphatic heterocycles. The Balaban J connectivity index is 3.46. The number of rotatable bonds is 7. The van der Waals surface area contributed by atoms with Crippen LogP contribution in [0.4, 0.5) is 0 Å². The highest BCUT2D eigenvalue weighted by Gasteiger charge is 2.00. The van der Waals surface area contributed by atoms with Crippen LogP contribution in [0.15, 0.2) is 0 Å². The van der Waals surface area contributed by atoms with Gasteiger partial charge < -0.3 is 14.5 Å². The van der Waals surface area contributed by atoms with E-state index in [4.69, 9.17) is 4.74 Å². The molecule has 0 aliphatic carbocycles. The molecule has 12 heavy (non-hydrogen) atoms. The van der Waals surface area contributed by atoms with Crippen LogP contribution in [-0.2, 0) is 9.53 Å². The van der Waals surface area contributed by atoms with Gasteiger partial charge in [0, 0.05) is 26.7 Å². The van der Waals surface area contributed by atoms with Crippen LogP contribution in [-0.4, -0.2) is 63.7 Å². The van der Waals surface area contributed by atoms with Crippen molar-refractivity contribution >= 4 is 6.41 Å². The van der Waals surface area contributed by atoms with Crippen LogP contribution in [0, 0.1) is 0 Å². The second kappa shape index (κ2) is 7.06. The van der Waals surface area contributed by atoms with E-state index in [-0.39, 0.29) is 0 Å². The summed E-state index contributed by atoms with van der Waals surface area (Å²) in [6.07, 6.45) is 0.864. The number of methoxy groups -OCH3 is 1. The van der Waals surface area contributed by atoms with Crippen LogP contribution in [0.1, 0.15) is 0 Å². The van der Waals surface area contributed by atoms with Gasteiger partial charge in [-0.3, -0.25) is 4.79 Å². The zero-order chi connectivity index (χ0) is 9.40. The largest absolute Gasteiger partial charge is 0.383 e. The third-order valence-electron chi connectivity index (χ3n) is 1.57. The Morgan fingerprint density at radius 3 is 2.33 bits per heavy atom. The number of likely N-dealkylation sites (N-methyl/N-ethyl adjacent to an activating group) is 1. The second-order valence-electron chi connectivity index (χ2n) is 2.94. The summed E-state index contributed by atoms with van der Waals surface area (Å²) in [6.45, 7) is 2.93. The SMILES string of the molecule is COCCN(C=O)CCN(C)C. The van der Waals surface area contributed by atoms with Crippen molar-refractivity contribution in [2.75, 3.05) is 47.4 Å². The van der Waals surface area contributed by atoms with Crippen molar-refractivity contribution in [3.8, 4) is 0 Å². The van der Waals surface area contributed by atoms with Gasteiger partial charge >= 0.3 is 0 Å². The van der Waals surface area contributed by atoms with E-state index in [9.17, 15) is 4.79 Å². The number of hydrogen-bond donors (Lipinski definition) is 0. The molecule has 0 aromatic heterocycles. The lowest BCUT2D eigenvalue weighted by Crippen LogP contribution is -2.32. The molecule has 0 aliphatic rings. The molecule has 4 heteroatoms. The molecule has 0 N–H and O–H groups in total. The Morgan fingerprint density at radius 2 is 1.92 bits per heavy atom. The Morgan fingerprint density at radius 1 is 1.25 bits per heavy atom. The number of carbonyl (C=O) groups is 1. The molecule has 0 aromatic rings. The van der Waals surface area contributed by atoms with Gasteiger partial charge in [0.05, 0.1) is 6.61 Å². The highest BCUT2D eigenvalue weighted by Crippen LogP contribution is 1.84. The van der Waals surface area contributed by atoms with Crippen molar-refractivity contribution < 1.29 is 9.53 Å². The van der Waals surface area contributed by atoms with Crippen molar-refractivity contribution in [2.24, 2.45) is 0 Å². The first-order chi connectivity index (χ1) is 5.70. The van der Waals surface area contributed by atoms with E-state index in [0.29, 0.717) is 13.2 Å². The molecule has 4 nitrogen and oxygen atoms in total. The molecule has 0 unspecified atom stereocenters. The van der Waals surface area contributed by atoms with Crippen LogP contribution in [0.2, 0.25) is 0 Å². The van der Waals surface area contributed by atoms with E-state index in [1.807, 2.05) is 19.0 Å². The third kappa shape index (κ3) is 6.12. The minimum atomic E-state index is 0.603. The van der Waals surface area contributed by atoms with Crippen molar-refractivity contribution in [3.05, 3.63) is 0 Å². The van der Waals surface area contributed by atoms with Crippen LogP contribution in [0.5, 0.6) is 0 Å². The maximum atomic E-state index is 10.5. The maximum Gasteiger partial charge on any atom is 0.209 e. The molecule has 0 radical (unpaired) electrons. The van der Waals surface area contributed by atoms with Crippen LogP contribution in [0.25, 0.3) is 0 Å². The van der Waals surface area contributed by atoms with Crippen LogP contribution < -0.4 is 0 Å². The first-order valence-electron chi connectivity index (χ1n) is 4.03. The Bertz CT molecular complexity index is 118. The van der Waals surface area contributed by atoms with Gasteiger partial charge in [0.15, 0.2) is 0 Å². The predicted molar refractivity (Wildman–Crippen MR) is 48.1 cm³/mol. The molecule has 0 bridgehead atoms. The van der Waals surface area contributed by atoms with Crippen molar-refractivity contribution in [2.45, 2.75) is 0 Å². The van der Waals surface area contributed by atoms with E-state index in [0.717, 1.165) is 19.5 Å². The number of amides is 1. The van der Waals surface area contributed by atoms with Gasteiger partial charge in [-0.2, -0.15) is 0 Å². The van der Waals surface area contributed by atoms with E-state index in [1.165, 1.54) is 0 Å². The average Bonchev–Trinajstić information content (AvgIpc) is 2.05. The van der Waals surface area contributed by atoms with Gasteiger partial charge in [-0.25, -0.2) is 0 Å². The first kappa shape index (κ1) is 11.4. The lowest BCUT2D eigenvalue weighted by atomic mass is 10.5. The highest BCUT2D eigenvalue weighted by atomic mass is 16.5. The standard InChI is InChI=1S/C8H18N2O2/c1-9(2)4-5-10(8-11)6-7-12-3/h8H,4-7H2,1-3H3. The van der Waals surface area contributed by atoms with Crippen LogP contribution in [0.3, 0.4) is 0 Å². The van der Waals surface area contributed by atoms with Gasteiger partial charge in [-0.15, -0.1) is 0 Å². The molecular formula is C8H18N2O2. The Labute approximate surface area is 74.1 Å². The topological polar surface area (TPSA) is 32.8 Å². The smallest absolute Gasteiger partial charge is 0.209 e. The van der Waals surface area contributed by atoms with E-state index in [2.05, 4.69) is 0 Å². The fourth-order valence-corrected chi connectivity index (χ4v) is 0.754. The fraction of sp³-hybridized carbons (Fsp3) is 0.875. The number of hydrogen-bond acceptors (Lipinski definition) is 3. The normalized spacial score (nSPS) is 10.3. The molecule has 0 atom stereocenters. The zero-order valence-electron chi connectivity index (χ0n) is 8.12.